The molecule has 6 nitrogen and oxygen atoms in total. The number of rotatable bonds is 2. The van der Waals surface area contributed by atoms with Crippen LogP contribution in [-0.4, -0.2) is 37.7 Å². The third kappa shape index (κ3) is 2.14. The van der Waals surface area contributed by atoms with E-state index in [9.17, 15) is 0 Å². The first-order valence-corrected chi connectivity index (χ1v) is 8.37. The molecule has 0 aromatic carbocycles. The number of hydrogen-bond acceptors (Lipinski definition) is 4. The molecule has 0 aliphatic carbocycles. The fourth-order valence-corrected chi connectivity index (χ4v) is 3.63. The lowest BCUT2D eigenvalue weighted by molar-refractivity contribution is 0.486. The summed E-state index contributed by atoms with van der Waals surface area (Å²) in [5.41, 5.74) is 1.86. The molecule has 1 aliphatic heterocycles. The highest BCUT2D eigenvalue weighted by atomic mass is 15.3. The number of H-pyrrole nitrogens is 1. The van der Waals surface area contributed by atoms with Crippen LogP contribution in [0, 0.1) is 0 Å². The lowest BCUT2D eigenvalue weighted by Gasteiger charge is -2.32. The first kappa shape index (κ1) is 13.5. The Bertz CT molecular complexity index is 1000. The Kier molecular flexibility index (Phi) is 3.01. The molecule has 5 rings (SSSR count). The number of piperidine rings is 1. The molecule has 0 bridgehead atoms. The molecule has 0 radical (unpaired) electrons. The maximum Gasteiger partial charge on any atom is 0.160 e. The quantitative estimate of drug-likeness (QED) is 0.617. The van der Waals surface area contributed by atoms with Crippen molar-refractivity contribution in [3.05, 3.63) is 54.6 Å². The lowest BCUT2D eigenvalue weighted by Crippen LogP contribution is -2.35. The average Bonchev–Trinajstić information content (AvgIpc) is 3.28. The summed E-state index contributed by atoms with van der Waals surface area (Å²) in [5.74, 6) is 2.46. The Morgan fingerprint density at radius 1 is 1.08 bits per heavy atom. The molecule has 24 heavy (non-hydrogen) atoms. The number of aromatic amines is 1. The van der Waals surface area contributed by atoms with E-state index in [1.165, 1.54) is 0 Å². The Morgan fingerprint density at radius 3 is 3.08 bits per heavy atom. The Labute approximate surface area is 139 Å². The maximum absolute atomic E-state index is 4.76. The van der Waals surface area contributed by atoms with E-state index in [-0.39, 0.29) is 0 Å². The van der Waals surface area contributed by atoms with Crippen molar-refractivity contribution < 1.29 is 0 Å². The van der Waals surface area contributed by atoms with Crippen LogP contribution in [0.2, 0.25) is 0 Å². The monoisotopic (exact) mass is 318 g/mol. The van der Waals surface area contributed by atoms with Gasteiger partial charge in [-0.15, -0.1) is 10.2 Å². The van der Waals surface area contributed by atoms with Crippen molar-refractivity contribution in [1.29, 1.82) is 0 Å². The number of fused-ring (bicyclic) bond motifs is 2. The van der Waals surface area contributed by atoms with Gasteiger partial charge in [0, 0.05) is 36.8 Å². The summed E-state index contributed by atoms with van der Waals surface area (Å²) < 4.78 is 2.11. The molecule has 1 N–H and O–H groups in total. The van der Waals surface area contributed by atoms with E-state index in [0.717, 1.165) is 54.3 Å². The Morgan fingerprint density at radius 2 is 2.08 bits per heavy atom. The second-order valence-corrected chi connectivity index (χ2v) is 6.36. The molecule has 120 valence electrons. The van der Waals surface area contributed by atoms with Gasteiger partial charge in [-0.1, -0.05) is 6.07 Å². The zero-order chi connectivity index (χ0) is 15.9. The smallest absolute Gasteiger partial charge is 0.160 e. The highest BCUT2D eigenvalue weighted by Gasteiger charge is 2.26. The van der Waals surface area contributed by atoms with Gasteiger partial charge in [0.25, 0.3) is 0 Å². The predicted molar refractivity (Wildman–Crippen MR) is 93.3 cm³/mol. The molecule has 0 unspecified atom stereocenters. The fourth-order valence-electron chi connectivity index (χ4n) is 3.63. The average molecular weight is 318 g/mol. The summed E-state index contributed by atoms with van der Waals surface area (Å²) in [4.78, 5) is 10.3. The summed E-state index contributed by atoms with van der Waals surface area (Å²) in [6.07, 6.45) is 6.25. The minimum atomic E-state index is 0.372. The summed E-state index contributed by atoms with van der Waals surface area (Å²) in [6, 6.07) is 12.3. The summed E-state index contributed by atoms with van der Waals surface area (Å²) in [7, 11) is 0. The number of pyridine rings is 2. The molecule has 4 aromatic rings. The minimum absolute atomic E-state index is 0.372. The molecule has 0 spiro atoms. The molecule has 1 saturated heterocycles. The van der Waals surface area contributed by atoms with Crippen LogP contribution in [0.5, 0.6) is 0 Å². The SMILES string of the molecule is c1ccn2c([C@H]3CCCN(c4ccc5cc[nH]c5n4)C3)nnc2c1. The summed E-state index contributed by atoms with van der Waals surface area (Å²) in [5, 5.41) is 9.90. The van der Waals surface area contributed by atoms with Gasteiger partial charge in [-0.3, -0.25) is 4.40 Å². The van der Waals surface area contributed by atoms with Gasteiger partial charge in [-0.2, -0.15) is 0 Å². The second kappa shape index (κ2) is 5.33. The van der Waals surface area contributed by atoms with Crippen molar-refractivity contribution in [3.8, 4) is 0 Å². The van der Waals surface area contributed by atoms with Crippen molar-refractivity contribution in [2.45, 2.75) is 18.8 Å². The number of anilines is 1. The van der Waals surface area contributed by atoms with Gasteiger partial charge in [-0.25, -0.2) is 4.98 Å². The maximum atomic E-state index is 4.76. The van der Waals surface area contributed by atoms with Crippen LogP contribution in [0.1, 0.15) is 24.6 Å². The van der Waals surface area contributed by atoms with Crippen LogP contribution in [-0.2, 0) is 0 Å². The van der Waals surface area contributed by atoms with E-state index in [1.807, 2.05) is 36.7 Å². The second-order valence-electron chi connectivity index (χ2n) is 6.36. The molecule has 5 heterocycles. The molecular formula is C18H18N6. The molecule has 1 atom stereocenters. The number of aromatic nitrogens is 5. The first-order chi connectivity index (χ1) is 11.9. The van der Waals surface area contributed by atoms with Crippen molar-refractivity contribution in [2.75, 3.05) is 18.0 Å². The van der Waals surface area contributed by atoms with Crippen LogP contribution in [0.3, 0.4) is 0 Å². The van der Waals surface area contributed by atoms with E-state index in [1.54, 1.807) is 0 Å². The van der Waals surface area contributed by atoms with Crippen molar-refractivity contribution in [3.63, 3.8) is 0 Å². The van der Waals surface area contributed by atoms with Crippen molar-refractivity contribution in [1.82, 2.24) is 24.6 Å². The van der Waals surface area contributed by atoms with E-state index < -0.39 is 0 Å². The third-order valence-corrected chi connectivity index (χ3v) is 4.85. The van der Waals surface area contributed by atoms with E-state index in [2.05, 4.69) is 36.6 Å². The standard InChI is InChI=1S/C18H18N6/c1-2-11-24-16(5-1)21-22-18(24)14-4-3-10-23(12-14)15-7-6-13-8-9-19-17(13)20-15/h1-2,5-9,11,14H,3-4,10,12H2,(H,19,20)/t14-/m0/s1. The van der Waals surface area contributed by atoms with Crippen LogP contribution in [0.15, 0.2) is 48.8 Å². The molecule has 0 amide bonds. The number of nitrogens with one attached hydrogen (secondary N) is 1. The topological polar surface area (TPSA) is 62.1 Å². The van der Waals surface area contributed by atoms with Gasteiger partial charge >= 0.3 is 0 Å². The minimum Gasteiger partial charge on any atom is -0.356 e. The molecule has 1 fully saturated rings. The molecule has 0 saturated carbocycles. The molecular weight excluding hydrogens is 300 g/mol. The van der Waals surface area contributed by atoms with E-state index in [4.69, 9.17) is 4.98 Å². The van der Waals surface area contributed by atoms with Crippen LogP contribution >= 0.6 is 0 Å². The van der Waals surface area contributed by atoms with Gasteiger partial charge in [-0.05, 0) is 43.2 Å². The van der Waals surface area contributed by atoms with Crippen molar-refractivity contribution >= 4 is 22.5 Å². The number of hydrogen-bond donors (Lipinski definition) is 1. The van der Waals surface area contributed by atoms with Gasteiger partial charge in [0.15, 0.2) is 5.65 Å². The van der Waals surface area contributed by atoms with Gasteiger partial charge in [0.1, 0.15) is 17.3 Å². The van der Waals surface area contributed by atoms with Crippen LogP contribution in [0.4, 0.5) is 5.82 Å². The highest BCUT2D eigenvalue weighted by Crippen LogP contribution is 2.29. The Hall–Kier alpha value is -2.89. The molecule has 6 heteroatoms. The highest BCUT2D eigenvalue weighted by molar-refractivity contribution is 5.77. The van der Waals surface area contributed by atoms with E-state index >= 15 is 0 Å². The normalized spacial score (nSPS) is 18.5. The fraction of sp³-hybridized carbons (Fsp3) is 0.278. The van der Waals surface area contributed by atoms with Crippen molar-refractivity contribution in [2.24, 2.45) is 0 Å². The van der Waals surface area contributed by atoms with E-state index in [0.29, 0.717) is 5.92 Å². The largest absolute Gasteiger partial charge is 0.356 e. The predicted octanol–water partition coefficient (Wildman–Crippen LogP) is 2.99. The number of nitrogens with zero attached hydrogens (tertiary/aromatic N) is 5. The van der Waals surface area contributed by atoms with Crippen LogP contribution in [0.25, 0.3) is 16.7 Å². The van der Waals surface area contributed by atoms with Gasteiger partial charge < -0.3 is 9.88 Å². The van der Waals surface area contributed by atoms with Gasteiger partial charge in [0.2, 0.25) is 0 Å². The zero-order valence-electron chi connectivity index (χ0n) is 13.3. The van der Waals surface area contributed by atoms with Crippen LogP contribution < -0.4 is 4.90 Å². The van der Waals surface area contributed by atoms with Gasteiger partial charge in [0.05, 0.1) is 0 Å². The molecule has 1 aliphatic rings. The first-order valence-electron chi connectivity index (χ1n) is 8.37. The lowest BCUT2D eigenvalue weighted by atomic mass is 9.97. The summed E-state index contributed by atoms with van der Waals surface area (Å²) >= 11 is 0. The zero-order valence-corrected chi connectivity index (χ0v) is 13.3. The Balaban J connectivity index is 1.47. The summed E-state index contributed by atoms with van der Waals surface area (Å²) in [6.45, 7) is 1.96. The molecule has 4 aromatic heterocycles. The third-order valence-electron chi connectivity index (χ3n) is 4.85.